The molecule has 2 atom stereocenters. The van der Waals surface area contributed by atoms with Crippen LogP contribution < -0.4 is 0 Å². The predicted molar refractivity (Wildman–Crippen MR) is 43.1 cm³/mol. The highest BCUT2D eigenvalue weighted by Gasteiger charge is 2.21. The Morgan fingerprint density at radius 1 is 1.64 bits per heavy atom. The Morgan fingerprint density at radius 2 is 2.36 bits per heavy atom. The van der Waals surface area contributed by atoms with Gasteiger partial charge >= 0.3 is 5.97 Å². The fourth-order valence-corrected chi connectivity index (χ4v) is 1.26. The summed E-state index contributed by atoms with van der Waals surface area (Å²) in [5.41, 5.74) is 0. The van der Waals surface area contributed by atoms with Crippen LogP contribution in [0.2, 0.25) is 0 Å². The Bertz CT molecular complexity index is 172. The standard InChI is InChI=1S/C9H14O2/c1-3-4-8-7(2)5-6-9(10)11-8/h5-8H,3-4H2,1-2H3/t7-,8+/m0/s1. The average Bonchev–Trinajstić information content (AvgIpc) is 1.98. The lowest BCUT2D eigenvalue weighted by Crippen LogP contribution is -2.26. The molecule has 0 saturated carbocycles. The van der Waals surface area contributed by atoms with Crippen LogP contribution in [0.3, 0.4) is 0 Å². The molecular formula is C9H14O2. The van der Waals surface area contributed by atoms with Crippen molar-refractivity contribution in [2.75, 3.05) is 0 Å². The topological polar surface area (TPSA) is 26.3 Å². The minimum atomic E-state index is -0.193. The maximum atomic E-state index is 10.8. The molecule has 1 aliphatic heterocycles. The molecule has 0 aromatic carbocycles. The van der Waals surface area contributed by atoms with Gasteiger partial charge in [0.05, 0.1) is 0 Å². The minimum Gasteiger partial charge on any atom is -0.459 e. The van der Waals surface area contributed by atoms with Crippen molar-refractivity contribution in [3.8, 4) is 0 Å². The second-order valence-electron chi connectivity index (χ2n) is 2.98. The quantitative estimate of drug-likeness (QED) is 0.568. The van der Waals surface area contributed by atoms with Gasteiger partial charge in [-0.15, -0.1) is 0 Å². The molecule has 0 spiro atoms. The van der Waals surface area contributed by atoms with E-state index in [-0.39, 0.29) is 12.1 Å². The Hall–Kier alpha value is -0.790. The van der Waals surface area contributed by atoms with Crippen molar-refractivity contribution in [3.63, 3.8) is 0 Å². The summed E-state index contributed by atoms with van der Waals surface area (Å²) in [5.74, 6) is 0.189. The SMILES string of the molecule is CCC[C@H]1OC(=O)C=C[C@@H]1C. The van der Waals surface area contributed by atoms with Gasteiger partial charge in [0.25, 0.3) is 0 Å². The highest BCUT2D eigenvalue weighted by molar-refractivity contribution is 5.82. The van der Waals surface area contributed by atoms with E-state index in [2.05, 4.69) is 13.8 Å². The molecule has 0 amide bonds. The molecule has 0 radical (unpaired) electrons. The third-order valence-corrected chi connectivity index (χ3v) is 1.96. The molecule has 0 bridgehead atoms. The smallest absolute Gasteiger partial charge is 0.330 e. The van der Waals surface area contributed by atoms with Gasteiger partial charge in [0.15, 0.2) is 0 Å². The number of esters is 1. The van der Waals surface area contributed by atoms with E-state index < -0.39 is 0 Å². The zero-order valence-corrected chi connectivity index (χ0v) is 7.04. The van der Waals surface area contributed by atoms with Crippen LogP contribution in [0.1, 0.15) is 26.7 Å². The summed E-state index contributed by atoms with van der Waals surface area (Å²) in [7, 11) is 0. The third-order valence-electron chi connectivity index (χ3n) is 1.96. The van der Waals surface area contributed by atoms with Crippen molar-refractivity contribution >= 4 is 5.97 Å². The summed E-state index contributed by atoms with van der Waals surface area (Å²) in [6, 6.07) is 0. The number of ether oxygens (including phenoxy) is 1. The zero-order chi connectivity index (χ0) is 8.27. The fourth-order valence-electron chi connectivity index (χ4n) is 1.26. The number of hydrogen-bond acceptors (Lipinski definition) is 2. The van der Waals surface area contributed by atoms with Crippen molar-refractivity contribution in [1.29, 1.82) is 0 Å². The van der Waals surface area contributed by atoms with Gasteiger partial charge in [-0.3, -0.25) is 0 Å². The van der Waals surface area contributed by atoms with Crippen LogP contribution in [-0.4, -0.2) is 12.1 Å². The molecule has 1 aliphatic rings. The third kappa shape index (κ3) is 2.07. The largest absolute Gasteiger partial charge is 0.459 e. The Morgan fingerprint density at radius 3 is 3.00 bits per heavy atom. The lowest BCUT2D eigenvalue weighted by atomic mass is 9.98. The van der Waals surface area contributed by atoms with Crippen LogP contribution in [0.15, 0.2) is 12.2 Å². The van der Waals surface area contributed by atoms with Crippen LogP contribution >= 0.6 is 0 Å². The first-order chi connectivity index (χ1) is 5.24. The van der Waals surface area contributed by atoms with Gasteiger partial charge in [0.1, 0.15) is 6.10 Å². The van der Waals surface area contributed by atoms with Gasteiger partial charge in [0.2, 0.25) is 0 Å². The van der Waals surface area contributed by atoms with Crippen molar-refractivity contribution in [2.45, 2.75) is 32.8 Å². The fraction of sp³-hybridized carbons (Fsp3) is 0.667. The Kier molecular flexibility index (Phi) is 2.69. The summed E-state index contributed by atoms with van der Waals surface area (Å²) in [6.45, 7) is 4.17. The molecule has 2 nitrogen and oxygen atoms in total. The van der Waals surface area contributed by atoms with Crippen LogP contribution in [0, 0.1) is 5.92 Å². The average molecular weight is 154 g/mol. The summed E-state index contributed by atoms with van der Waals surface area (Å²) in [6.07, 6.45) is 5.58. The molecule has 0 saturated heterocycles. The number of hydrogen-bond donors (Lipinski definition) is 0. The Labute approximate surface area is 67.2 Å². The van der Waals surface area contributed by atoms with Gasteiger partial charge in [0, 0.05) is 12.0 Å². The zero-order valence-electron chi connectivity index (χ0n) is 7.04. The molecule has 0 aromatic rings. The number of cyclic esters (lactones) is 1. The summed E-state index contributed by atoms with van der Waals surface area (Å²) < 4.78 is 5.11. The second-order valence-corrected chi connectivity index (χ2v) is 2.98. The van der Waals surface area contributed by atoms with E-state index in [9.17, 15) is 4.79 Å². The monoisotopic (exact) mass is 154 g/mol. The van der Waals surface area contributed by atoms with Crippen LogP contribution in [0.4, 0.5) is 0 Å². The van der Waals surface area contributed by atoms with Crippen molar-refractivity contribution in [2.24, 2.45) is 5.92 Å². The lowest BCUT2D eigenvalue weighted by Gasteiger charge is -2.23. The van der Waals surface area contributed by atoms with Gasteiger partial charge in [-0.05, 0) is 6.42 Å². The first-order valence-corrected chi connectivity index (χ1v) is 4.13. The molecule has 1 heterocycles. The predicted octanol–water partition coefficient (Wildman–Crippen LogP) is 1.90. The van der Waals surface area contributed by atoms with Crippen LogP contribution in [-0.2, 0) is 9.53 Å². The summed E-state index contributed by atoms with van der Waals surface area (Å²) in [4.78, 5) is 10.8. The lowest BCUT2D eigenvalue weighted by molar-refractivity contribution is -0.146. The van der Waals surface area contributed by atoms with Gasteiger partial charge in [-0.1, -0.05) is 26.3 Å². The van der Waals surface area contributed by atoms with E-state index in [1.807, 2.05) is 6.08 Å². The molecule has 0 unspecified atom stereocenters. The van der Waals surface area contributed by atoms with Crippen LogP contribution in [0.5, 0.6) is 0 Å². The minimum absolute atomic E-state index is 0.109. The first kappa shape index (κ1) is 8.31. The van der Waals surface area contributed by atoms with Crippen molar-refractivity contribution < 1.29 is 9.53 Å². The number of carbonyl (C=O) groups is 1. The molecule has 0 fully saturated rings. The Balaban J connectivity index is 2.53. The molecule has 0 aliphatic carbocycles. The summed E-state index contributed by atoms with van der Waals surface area (Å²) in [5, 5.41) is 0. The van der Waals surface area contributed by atoms with E-state index in [0.717, 1.165) is 12.8 Å². The van der Waals surface area contributed by atoms with Crippen molar-refractivity contribution in [1.82, 2.24) is 0 Å². The molecule has 0 N–H and O–H groups in total. The normalized spacial score (nSPS) is 30.2. The molecule has 2 heteroatoms. The molecule has 62 valence electrons. The van der Waals surface area contributed by atoms with Crippen molar-refractivity contribution in [3.05, 3.63) is 12.2 Å². The summed E-state index contributed by atoms with van der Waals surface area (Å²) >= 11 is 0. The first-order valence-electron chi connectivity index (χ1n) is 4.13. The highest BCUT2D eigenvalue weighted by Crippen LogP contribution is 2.18. The maximum Gasteiger partial charge on any atom is 0.330 e. The second kappa shape index (κ2) is 3.56. The molecule has 1 rings (SSSR count). The van der Waals surface area contributed by atoms with E-state index in [0.29, 0.717) is 5.92 Å². The molecular weight excluding hydrogens is 140 g/mol. The van der Waals surface area contributed by atoms with E-state index in [1.54, 1.807) is 0 Å². The van der Waals surface area contributed by atoms with Gasteiger partial charge in [-0.2, -0.15) is 0 Å². The number of rotatable bonds is 2. The van der Waals surface area contributed by atoms with Gasteiger partial charge in [-0.25, -0.2) is 4.79 Å². The van der Waals surface area contributed by atoms with Crippen LogP contribution in [0.25, 0.3) is 0 Å². The van der Waals surface area contributed by atoms with E-state index in [4.69, 9.17) is 4.74 Å². The highest BCUT2D eigenvalue weighted by atomic mass is 16.5. The molecule has 0 aromatic heterocycles. The molecule has 11 heavy (non-hydrogen) atoms. The maximum absolute atomic E-state index is 10.8. The van der Waals surface area contributed by atoms with E-state index >= 15 is 0 Å². The number of carbonyl (C=O) groups excluding carboxylic acids is 1. The van der Waals surface area contributed by atoms with E-state index in [1.165, 1.54) is 6.08 Å². The van der Waals surface area contributed by atoms with Gasteiger partial charge < -0.3 is 4.74 Å².